The average molecular weight is 202 g/mol. The van der Waals surface area contributed by atoms with Crippen LogP contribution in [0.5, 0.6) is 0 Å². The molecule has 0 saturated carbocycles. The van der Waals surface area contributed by atoms with Crippen molar-refractivity contribution in [2.24, 2.45) is 0 Å². The van der Waals surface area contributed by atoms with Crippen LogP contribution in [0.2, 0.25) is 0 Å². The fourth-order valence-electron chi connectivity index (χ4n) is 0. The molecule has 0 fully saturated rings. The van der Waals surface area contributed by atoms with Gasteiger partial charge in [0.1, 0.15) is 0 Å². The van der Waals surface area contributed by atoms with Gasteiger partial charge in [-0.15, -0.1) is 0 Å². The Morgan fingerprint density at radius 3 is 1.25 bits per heavy atom. The monoisotopic (exact) mass is 201 g/mol. The molecule has 1 radical (unpaired) electrons. The molecular weight excluding hydrogens is 199 g/mol. The van der Waals surface area contributed by atoms with Crippen LogP contribution >= 0.6 is 11.9 Å². The molecule has 0 aliphatic carbocycles. The molecule has 0 saturated heterocycles. The quantitative estimate of drug-likeness (QED) is 0.511. The molecule has 0 aliphatic heterocycles. The Morgan fingerprint density at radius 1 is 1.25 bits per heavy atom. The molecule has 0 aromatic rings. The number of hydrogen-bond acceptors (Lipinski definition) is 1. The topological polar surface area (TPSA) is 20.2 Å². The van der Waals surface area contributed by atoms with Crippen molar-refractivity contribution in [2.75, 3.05) is 0 Å². The van der Waals surface area contributed by atoms with E-state index in [9.17, 15) is 0 Å². The first-order valence-corrected chi connectivity index (χ1v) is 0.507. The zero-order valence-electron chi connectivity index (χ0n) is 1.13. The zero-order chi connectivity index (χ0) is 2.00. The molecule has 1 nitrogen and oxygen atoms in total. The van der Waals surface area contributed by atoms with Gasteiger partial charge in [-0.3, -0.25) is 4.66 Å². The van der Waals surface area contributed by atoms with Gasteiger partial charge in [-0.2, -0.15) is 0 Å². The van der Waals surface area contributed by atoms with Crippen molar-refractivity contribution in [2.45, 2.75) is 0 Å². The summed E-state index contributed by atoms with van der Waals surface area (Å²) in [6.45, 7) is 0. The van der Waals surface area contributed by atoms with E-state index in [-0.39, 0.29) is 60.1 Å². The number of rotatable bonds is 0. The molecule has 0 rings (SSSR count). The van der Waals surface area contributed by atoms with Crippen LogP contribution < -0.4 is 0 Å². The first kappa shape index (κ1) is 16.3. The van der Waals surface area contributed by atoms with E-state index in [1.807, 2.05) is 0 Å². The van der Waals surface area contributed by atoms with Crippen molar-refractivity contribution in [1.82, 2.24) is 0 Å². The summed E-state index contributed by atoms with van der Waals surface area (Å²) in [5.41, 5.74) is 0. The van der Waals surface area contributed by atoms with Crippen molar-refractivity contribution in [3.63, 3.8) is 0 Å². The van der Waals surface area contributed by atoms with Crippen LogP contribution in [0.3, 0.4) is 0 Å². The molecule has 0 bridgehead atoms. The maximum absolute atomic E-state index is 6.47. The number of hydrogen-bond donors (Lipinski definition) is 1. The first-order valence-electron chi connectivity index (χ1n) is 0.169. The van der Waals surface area contributed by atoms with Crippen LogP contribution in [0.25, 0.3) is 0 Å². The van der Waals surface area contributed by atoms with Crippen LogP contribution in [0.15, 0.2) is 0 Å². The Labute approximate surface area is 75.4 Å². The first-order chi connectivity index (χ1) is 1.00. The van der Waals surface area contributed by atoms with Crippen LogP contribution in [-0.4, -0.2) is 42.4 Å². The normalized spacial score (nSPS) is 1.50. The molecular formula is H3AgCaClO. The van der Waals surface area contributed by atoms with E-state index in [2.05, 4.69) is 11.9 Å². The van der Waals surface area contributed by atoms with E-state index in [0.717, 1.165) is 0 Å². The van der Waals surface area contributed by atoms with E-state index in [4.69, 9.17) is 4.66 Å². The van der Waals surface area contributed by atoms with Crippen molar-refractivity contribution in [3.8, 4) is 0 Å². The van der Waals surface area contributed by atoms with E-state index < -0.39 is 0 Å². The second-order valence-corrected chi connectivity index (χ2v) is 0. The summed E-state index contributed by atoms with van der Waals surface area (Å²) in [6.07, 6.45) is 0. The molecule has 4 heavy (non-hydrogen) atoms. The molecule has 0 aliphatic rings. The van der Waals surface area contributed by atoms with Gasteiger partial charge in [-0.1, -0.05) is 0 Å². The van der Waals surface area contributed by atoms with Crippen LogP contribution in [0.1, 0.15) is 0 Å². The molecule has 0 aromatic carbocycles. The Hall–Kier alpha value is 2.25. The van der Waals surface area contributed by atoms with E-state index in [1.54, 1.807) is 0 Å². The van der Waals surface area contributed by atoms with Gasteiger partial charge in [0.2, 0.25) is 0 Å². The van der Waals surface area contributed by atoms with Crippen molar-refractivity contribution in [1.29, 1.82) is 0 Å². The second kappa shape index (κ2) is 18.7. The Kier molecular flexibility index (Phi) is 76.4. The van der Waals surface area contributed by atoms with Gasteiger partial charge < -0.3 is 0 Å². The Balaban J connectivity index is -0.00000000500. The molecule has 0 amide bonds. The second-order valence-electron chi connectivity index (χ2n) is 0. The predicted molar refractivity (Wildman–Crippen MR) is 16.6 cm³/mol. The Bertz CT molecular complexity index is 8.00. The van der Waals surface area contributed by atoms with Crippen LogP contribution in [-0.2, 0) is 22.4 Å². The SMILES string of the molecule is OCl.[Ag].[CaH2]. The van der Waals surface area contributed by atoms with Gasteiger partial charge >= 0.3 is 37.7 Å². The van der Waals surface area contributed by atoms with Crippen LogP contribution in [0.4, 0.5) is 0 Å². The molecule has 4 heteroatoms. The molecule has 29 valence electrons. The molecule has 0 spiro atoms. The summed E-state index contributed by atoms with van der Waals surface area (Å²) < 4.78 is 6.47. The molecule has 0 heterocycles. The average Bonchev–Trinajstić information content (AvgIpc) is 1.00. The summed E-state index contributed by atoms with van der Waals surface area (Å²) >= 11 is 3.64. The van der Waals surface area contributed by atoms with E-state index in [0.29, 0.717) is 0 Å². The molecule has 0 unspecified atom stereocenters. The van der Waals surface area contributed by atoms with Gasteiger partial charge in [0.05, 0.1) is 11.9 Å². The van der Waals surface area contributed by atoms with Crippen molar-refractivity contribution >= 4 is 49.6 Å². The fourth-order valence-corrected chi connectivity index (χ4v) is 0. The molecule has 0 aromatic heterocycles. The van der Waals surface area contributed by atoms with Crippen molar-refractivity contribution < 1.29 is 27.0 Å². The third kappa shape index (κ3) is 8.87. The van der Waals surface area contributed by atoms with Crippen LogP contribution in [0, 0.1) is 0 Å². The zero-order valence-corrected chi connectivity index (χ0v) is 3.36. The van der Waals surface area contributed by atoms with Gasteiger partial charge in [0.25, 0.3) is 0 Å². The van der Waals surface area contributed by atoms with Crippen molar-refractivity contribution in [3.05, 3.63) is 0 Å². The van der Waals surface area contributed by atoms with E-state index in [1.165, 1.54) is 0 Å². The summed E-state index contributed by atoms with van der Waals surface area (Å²) in [5, 5.41) is 0. The van der Waals surface area contributed by atoms with Gasteiger partial charge in [0, 0.05) is 22.4 Å². The summed E-state index contributed by atoms with van der Waals surface area (Å²) in [7, 11) is 0. The summed E-state index contributed by atoms with van der Waals surface area (Å²) in [4.78, 5) is 0. The Morgan fingerprint density at radius 2 is 1.25 bits per heavy atom. The maximum atomic E-state index is 6.47. The minimum absolute atomic E-state index is 0. The predicted octanol–water partition coefficient (Wildman–Crippen LogP) is -0.786. The summed E-state index contributed by atoms with van der Waals surface area (Å²) in [6, 6.07) is 0. The third-order valence-electron chi connectivity index (χ3n) is 0. The van der Waals surface area contributed by atoms with Gasteiger partial charge in [-0.25, -0.2) is 0 Å². The molecule has 1 N–H and O–H groups in total. The third-order valence-corrected chi connectivity index (χ3v) is 0. The molecule has 0 atom stereocenters. The number of halogens is 1. The summed E-state index contributed by atoms with van der Waals surface area (Å²) in [5.74, 6) is 0. The van der Waals surface area contributed by atoms with Gasteiger partial charge in [-0.05, 0) is 0 Å². The van der Waals surface area contributed by atoms with E-state index >= 15 is 0 Å². The van der Waals surface area contributed by atoms with Gasteiger partial charge in [0.15, 0.2) is 0 Å². The fraction of sp³-hybridized carbons (Fsp3) is 0. The minimum atomic E-state index is 0. The standard InChI is InChI=1S/Ag.Ca.ClHO.2H/c;;1-2;;/h;;2H;;.